The van der Waals surface area contributed by atoms with Gasteiger partial charge in [0.15, 0.2) is 11.5 Å². The van der Waals surface area contributed by atoms with Gasteiger partial charge in [0.2, 0.25) is 5.91 Å². The number of ether oxygens (including phenoxy) is 3. The van der Waals surface area contributed by atoms with Crippen molar-refractivity contribution in [2.24, 2.45) is 0 Å². The number of fused-ring (bicyclic) bond motifs is 1. The fraction of sp³-hybridized carbons (Fsp3) is 0.364. The van der Waals surface area contributed by atoms with E-state index in [1.807, 2.05) is 48.2 Å². The van der Waals surface area contributed by atoms with Crippen molar-refractivity contribution < 1.29 is 23.8 Å². The number of carbonyl (C=O) groups excluding carboxylic acids is 2. The Bertz CT molecular complexity index is 895. The maximum atomic E-state index is 12.6. The Morgan fingerprint density at radius 2 is 1.66 bits per heavy atom. The number of nitrogens with one attached hydrogen (secondary N) is 1. The molecule has 0 bridgehead atoms. The lowest BCUT2D eigenvalue weighted by molar-refractivity contribution is -0.148. The molecular weight excluding hydrogens is 372 g/mol. The SMILES string of the molecule is COC(=O)[C@@H]1Cc2cc(OC)c(OC)cc2CN1CC(=O)Nc1ccc(C)cc1. The first-order valence-electron chi connectivity index (χ1n) is 9.37. The van der Waals surface area contributed by atoms with Crippen LogP contribution in [-0.2, 0) is 27.3 Å². The lowest BCUT2D eigenvalue weighted by Crippen LogP contribution is -2.49. The predicted molar refractivity (Wildman–Crippen MR) is 109 cm³/mol. The Balaban J connectivity index is 1.81. The van der Waals surface area contributed by atoms with E-state index in [0.717, 1.165) is 22.4 Å². The van der Waals surface area contributed by atoms with Gasteiger partial charge >= 0.3 is 5.97 Å². The summed E-state index contributed by atoms with van der Waals surface area (Å²) < 4.78 is 15.7. The third-order valence-corrected chi connectivity index (χ3v) is 5.09. The van der Waals surface area contributed by atoms with Gasteiger partial charge in [-0.2, -0.15) is 0 Å². The summed E-state index contributed by atoms with van der Waals surface area (Å²) in [6.45, 7) is 2.49. The Kier molecular flexibility index (Phi) is 6.39. The zero-order chi connectivity index (χ0) is 21.0. The quantitative estimate of drug-likeness (QED) is 0.754. The van der Waals surface area contributed by atoms with Gasteiger partial charge in [0.1, 0.15) is 6.04 Å². The second-order valence-electron chi connectivity index (χ2n) is 7.04. The monoisotopic (exact) mass is 398 g/mol. The topological polar surface area (TPSA) is 77.1 Å². The molecule has 2 aromatic carbocycles. The normalized spacial score (nSPS) is 15.9. The number of methoxy groups -OCH3 is 3. The Hall–Kier alpha value is -3.06. The number of carbonyl (C=O) groups is 2. The van der Waals surface area contributed by atoms with Crippen molar-refractivity contribution in [3.05, 3.63) is 53.1 Å². The zero-order valence-corrected chi connectivity index (χ0v) is 17.2. The second kappa shape index (κ2) is 8.96. The molecule has 1 amide bonds. The molecule has 0 unspecified atom stereocenters. The minimum absolute atomic E-state index is 0.0709. The van der Waals surface area contributed by atoms with Gasteiger partial charge in [-0.15, -0.1) is 0 Å². The highest BCUT2D eigenvalue weighted by Gasteiger charge is 2.34. The summed E-state index contributed by atoms with van der Waals surface area (Å²) in [4.78, 5) is 26.8. The molecule has 0 saturated carbocycles. The lowest BCUT2D eigenvalue weighted by atomic mass is 9.93. The van der Waals surface area contributed by atoms with E-state index in [4.69, 9.17) is 14.2 Å². The molecule has 0 saturated heterocycles. The van der Waals surface area contributed by atoms with Crippen LogP contribution in [0.2, 0.25) is 0 Å². The number of amides is 1. The van der Waals surface area contributed by atoms with E-state index in [1.54, 1.807) is 14.2 Å². The number of hydrogen-bond acceptors (Lipinski definition) is 6. The van der Waals surface area contributed by atoms with Crippen LogP contribution in [0.5, 0.6) is 11.5 Å². The summed E-state index contributed by atoms with van der Waals surface area (Å²) in [5, 5.41) is 2.88. The number of hydrogen-bond donors (Lipinski definition) is 1. The van der Waals surface area contributed by atoms with Crippen molar-refractivity contribution in [3.63, 3.8) is 0 Å². The maximum absolute atomic E-state index is 12.6. The van der Waals surface area contributed by atoms with Crippen molar-refractivity contribution >= 4 is 17.6 Å². The van der Waals surface area contributed by atoms with E-state index >= 15 is 0 Å². The minimum Gasteiger partial charge on any atom is -0.493 e. The van der Waals surface area contributed by atoms with Crippen molar-refractivity contribution in [1.29, 1.82) is 0 Å². The molecule has 0 spiro atoms. The van der Waals surface area contributed by atoms with Crippen LogP contribution in [0.1, 0.15) is 16.7 Å². The van der Waals surface area contributed by atoms with Gasteiger partial charge in [0, 0.05) is 12.2 Å². The molecule has 7 nitrogen and oxygen atoms in total. The standard InChI is InChI=1S/C22H26N2O5/c1-14-5-7-17(8-6-14)23-21(25)13-24-12-16-11-20(28-3)19(27-2)10-15(16)9-18(24)22(26)29-4/h5-8,10-11,18H,9,12-13H2,1-4H3,(H,23,25)/t18-/m0/s1. The lowest BCUT2D eigenvalue weighted by Gasteiger charge is -2.35. The Labute approximate surface area is 170 Å². The molecule has 1 heterocycles. The molecule has 7 heteroatoms. The van der Waals surface area contributed by atoms with Crippen LogP contribution in [0.25, 0.3) is 0 Å². The molecule has 1 atom stereocenters. The van der Waals surface area contributed by atoms with E-state index in [2.05, 4.69) is 5.32 Å². The molecule has 2 aromatic rings. The molecule has 1 aliphatic rings. The van der Waals surface area contributed by atoms with Gasteiger partial charge in [-0.3, -0.25) is 14.5 Å². The molecule has 154 valence electrons. The Morgan fingerprint density at radius 1 is 1.03 bits per heavy atom. The molecule has 0 aliphatic carbocycles. The number of aryl methyl sites for hydroxylation is 1. The molecule has 0 radical (unpaired) electrons. The molecule has 29 heavy (non-hydrogen) atoms. The van der Waals surface area contributed by atoms with Crippen molar-refractivity contribution in [2.45, 2.75) is 25.9 Å². The van der Waals surface area contributed by atoms with Gasteiger partial charge in [-0.1, -0.05) is 17.7 Å². The highest BCUT2D eigenvalue weighted by Crippen LogP contribution is 2.34. The first-order valence-corrected chi connectivity index (χ1v) is 9.37. The summed E-state index contributed by atoms with van der Waals surface area (Å²) >= 11 is 0. The number of benzene rings is 2. The summed E-state index contributed by atoms with van der Waals surface area (Å²) in [6, 6.07) is 10.8. The Morgan fingerprint density at radius 3 is 2.24 bits per heavy atom. The summed E-state index contributed by atoms with van der Waals surface area (Å²) in [7, 11) is 4.51. The average Bonchev–Trinajstić information content (AvgIpc) is 2.73. The fourth-order valence-corrected chi connectivity index (χ4v) is 3.52. The molecule has 3 rings (SSSR count). The zero-order valence-electron chi connectivity index (χ0n) is 17.2. The number of nitrogens with zero attached hydrogens (tertiary/aromatic N) is 1. The van der Waals surface area contributed by atoms with Gasteiger partial charge in [0.05, 0.1) is 27.9 Å². The first-order chi connectivity index (χ1) is 13.9. The molecule has 1 N–H and O–H groups in total. The molecule has 0 aromatic heterocycles. The summed E-state index contributed by atoms with van der Waals surface area (Å²) in [5.41, 5.74) is 3.81. The highest BCUT2D eigenvalue weighted by atomic mass is 16.5. The maximum Gasteiger partial charge on any atom is 0.323 e. The third kappa shape index (κ3) is 4.68. The van der Waals surface area contributed by atoms with Crippen LogP contribution < -0.4 is 14.8 Å². The van der Waals surface area contributed by atoms with Crippen LogP contribution in [0, 0.1) is 6.92 Å². The predicted octanol–water partition coefficient (Wildman–Crippen LogP) is 2.55. The van der Waals surface area contributed by atoms with Crippen LogP contribution in [0.3, 0.4) is 0 Å². The average molecular weight is 398 g/mol. The van der Waals surface area contributed by atoms with Gasteiger partial charge in [-0.05, 0) is 48.7 Å². The van der Waals surface area contributed by atoms with E-state index in [-0.39, 0.29) is 18.4 Å². The molecule has 1 aliphatic heterocycles. The minimum atomic E-state index is -0.547. The number of anilines is 1. The van der Waals surface area contributed by atoms with E-state index in [1.165, 1.54) is 7.11 Å². The van der Waals surface area contributed by atoms with E-state index in [9.17, 15) is 9.59 Å². The number of rotatable bonds is 6. The van der Waals surface area contributed by atoms with E-state index in [0.29, 0.717) is 24.5 Å². The number of esters is 1. The van der Waals surface area contributed by atoms with Crippen molar-refractivity contribution in [2.75, 3.05) is 33.2 Å². The molecule has 0 fully saturated rings. The van der Waals surface area contributed by atoms with Gasteiger partial charge in [-0.25, -0.2) is 0 Å². The summed E-state index contributed by atoms with van der Waals surface area (Å²) in [5.74, 6) is 0.674. The van der Waals surface area contributed by atoms with Gasteiger partial charge < -0.3 is 19.5 Å². The largest absolute Gasteiger partial charge is 0.493 e. The highest BCUT2D eigenvalue weighted by molar-refractivity contribution is 5.92. The van der Waals surface area contributed by atoms with Crippen LogP contribution in [0.4, 0.5) is 5.69 Å². The summed E-state index contributed by atoms with van der Waals surface area (Å²) in [6.07, 6.45) is 0.431. The smallest absolute Gasteiger partial charge is 0.323 e. The van der Waals surface area contributed by atoms with Crippen molar-refractivity contribution in [1.82, 2.24) is 4.90 Å². The first kappa shape index (κ1) is 20.7. The fourth-order valence-electron chi connectivity index (χ4n) is 3.52. The molecular formula is C22H26N2O5. The van der Waals surface area contributed by atoms with Crippen molar-refractivity contribution in [3.8, 4) is 11.5 Å². The third-order valence-electron chi connectivity index (χ3n) is 5.09. The van der Waals surface area contributed by atoms with Crippen LogP contribution >= 0.6 is 0 Å². The van der Waals surface area contributed by atoms with E-state index < -0.39 is 6.04 Å². The van der Waals surface area contributed by atoms with Crippen LogP contribution in [0.15, 0.2) is 36.4 Å². The van der Waals surface area contributed by atoms with Crippen LogP contribution in [-0.4, -0.2) is 50.7 Å². The second-order valence-corrected chi connectivity index (χ2v) is 7.04. The van der Waals surface area contributed by atoms with Gasteiger partial charge in [0.25, 0.3) is 0 Å².